The lowest BCUT2D eigenvalue weighted by atomic mass is 9.81. The first-order valence-corrected chi connectivity index (χ1v) is 4.31. The van der Waals surface area contributed by atoms with Crippen molar-refractivity contribution >= 4 is 11.8 Å². The molecule has 3 heteroatoms. The van der Waals surface area contributed by atoms with Crippen LogP contribution >= 0.6 is 0 Å². The number of ketones is 1. The molecule has 0 saturated carbocycles. The molecule has 0 bridgehead atoms. The average molecular weight is 182 g/mol. The van der Waals surface area contributed by atoms with E-state index in [4.69, 9.17) is 4.74 Å². The van der Waals surface area contributed by atoms with Crippen molar-refractivity contribution in [2.75, 3.05) is 0 Å². The molecule has 0 saturated heterocycles. The third-order valence-electron chi connectivity index (χ3n) is 2.04. The van der Waals surface area contributed by atoms with E-state index >= 15 is 0 Å². The van der Waals surface area contributed by atoms with Crippen LogP contribution in [0, 0.1) is 5.41 Å². The van der Waals surface area contributed by atoms with E-state index < -0.39 is 12.1 Å². The zero-order chi connectivity index (χ0) is 10.1. The maximum absolute atomic E-state index is 11.3. The second-order valence-corrected chi connectivity index (χ2v) is 4.03. The summed E-state index contributed by atoms with van der Waals surface area (Å²) in [6.07, 6.45) is 3.34. The highest BCUT2D eigenvalue weighted by molar-refractivity contribution is 5.95. The Morgan fingerprint density at radius 3 is 2.77 bits per heavy atom. The molecule has 0 radical (unpaired) electrons. The molecule has 1 atom stereocenters. The van der Waals surface area contributed by atoms with Crippen LogP contribution in [0.3, 0.4) is 0 Å². The zero-order valence-corrected chi connectivity index (χ0v) is 8.16. The Morgan fingerprint density at radius 2 is 2.23 bits per heavy atom. The number of carbonyl (C=O) groups is 2. The van der Waals surface area contributed by atoms with Gasteiger partial charge in [0.15, 0.2) is 11.9 Å². The monoisotopic (exact) mass is 182 g/mol. The topological polar surface area (TPSA) is 43.4 Å². The fourth-order valence-corrected chi connectivity index (χ4v) is 1.36. The predicted molar refractivity (Wildman–Crippen MR) is 48.1 cm³/mol. The molecular weight excluding hydrogens is 168 g/mol. The van der Waals surface area contributed by atoms with Gasteiger partial charge in [0.05, 0.1) is 0 Å². The molecule has 0 aromatic carbocycles. The minimum absolute atomic E-state index is 0.0615. The molecule has 1 unspecified atom stereocenters. The fourth-order valence-electron chi connectivity index (χ4n) is 1.36. The Hall–Kier alpha value is -1.12. The number of rotatable bonds is 1. The Labute approximate surface area is 77.8 Å². The summed E-state index contributed by atoms with van der Waals surface area (Å²) in [5.41, 5.74) is -0.0615. The number of hydrogen-bond donors (Lipinski definition) is 0. The van der Waals surface area contributed by atoms with Gasteiger partial charge in [-0.2, -0.15) is 0 Å². The van der Waals surface area contributed by atoms with Gasteiger partial charge in [-0.3, -0.25) is 9.59 Å². The molecule has 0 amide bonds. The molecule has 13 heavy (non-hydrogen) atoms. The van der Waals surface area contributed by atoms with Gasteiger partial charge in [-0.25, -0.2) is 0 Å². The Kier molecular flexibility index (Phi) is 2.55. The summed E-state index contributed by atoms with van der Waals surface area (Å²) in [7, 11) is 0. The van der Waals surface area contributed by atoms with Gasteiger partial charge in [-0.05, 0) is 11.5 Å². The van der Waals surface area contributed by atoms with Crippen LogP contribution in [0.4, 0.5) is 0 Å². The SMILES string of the molecule is CC(=O)OC1CC(C)(C)C=CC1=O. The molecule has 0 N–H and O–H groups in total. The summed E-state index contributed by atoms with van der Waals surface area (Å²) in [5.74, 6) is -0.515. The van der Waals surface area contributed by atoms with Gasteiger partial charge in [0.2, 0.25) is 0 Å². The minimum atomic E-state index is -0.586. The van der Waals surface area contributed by atoms with Gasteiger partial charge in [-0.1, -0.05) is 19.9 Å². The van der Waals surface area contributed by atoms with Crippen molar-refractivity contribution in [3.05, 3.63) is 12.2 Å². The summed E-state index contributed by atoms with van der Waals surface area (Å²) < 4.78 is 4.90. The first-order chi connectivity index (χ1) is 5.91. The van der Waals surface area contributed by atoms with Crippen LogP contribution in [-0.4, -0.2) is 17.9 Å². The first-order valence-electron chi connectivity index (χ1n) is 4.31. The highest BCUT2D eigenvalue weighted by Gasteiger charge is 2.31. The molecule has 0 aliphatic heterocycles. The standard InChI is InChI=1S/C10H14O3/c1-7(11)13-9-6-10(2,3)5-4-8(9)12/h4-5,9H,6H2,1-3H3. The van der Waals surface area contributed by atoms with Crippen LogP contribution in [-0.2, 0) is 14.3 Å². The van der Waals surface area contributed by atoms with E-state index in [1.54, 1.807) is 0 Å². The first kappa shape index (κ1) is 9.96. The number of allylic oxidation sites excluding steroid dienone is 1. The quantitative estimate of drug-likeness (QED) is 0.577. The zero-order valence-electron chi connectivity index (χ0n) is 8.16. The number of ether oxygens (including phenoxy) is 1. The molecule has 3 nitrogen and oxygen atoms in total. The molecule has 0 aromatic heterocycles. The van der Waals surface area contributed by atoms with Gasteiger partial charge < -0.3 is 4.74 Å². The number of esters is 1. The highest BCUT2D eigenvalue weighted by Crippen LogP contribution is 2.29. The number of hydrogen-bond acceptors (Lipinski definition) is 3. The molecular formula is C10H14O3. The van der Waals surface area contributed by atoms with Crippen molar-refractivity contribution in [2.24, 2.45) is 5.41 Å². The van der Waals surface area contributed by atoms with E-state index in [2.05, 4.69) is 0 Å². The average Bonchev–Trinajstić information content (AvgIpc) is 1.95. The van der Waals surface area contributed by atoms with Crippen LogP contribution in [0.1, 0.15) is 27.2 Å². The molecule has 1 aliphatic rings. The van der Waals surface area contributed by atoms with E-state index in [9.17, 15) is 9.59 Å². The van der Waals surface area contributed by atoms with E-state index in [1.807, 2.05) is 19.9 Å². The molecule has 0 fully saturated rings. The molecule has 1 aliphatic carbocycles. The van der Waals surface area contributed by atoms with Crippen LogP contribution in [0.15, 0.2) is 12.2 Å². The van der Waals surface area contributed by atoms with Crippen LogP contribution in [0.25, 0.3) is 0 Å². The van der Waals surface area contributed by atoms with Crippen LogP contribution in [0.5, 0.6) is 0 Å². The van der Waals surface area contributed by atoms with E-state index in [1.165, 1.54) is 13.0 Å². The van der Waals surface area contributed by atoms with E-state index in [-0.39, 0.29) is 11.2 Å². The second-order valence-electron chi connectivity index (χ2n) is 4.03. The third-order valence-corrected chi connectivity index (χ3v) is 2.04. The molecule has 1 rings (SSSR count). The molecule has 0 heterocycles. The van der Waals surface area contributed by atoms with Gasteiger partial charge in [0.25, 0.3) is 0 Å². The van der Waals surface area contributed by atoms with Crippen molar-refractivity contribution in [3.63, 3.8) is 0 Å². The van der Waals surface area contributed by atoms with Crippen molar-refractivity contribution in [1.82, 2.24) is 0 Å². The maximum atomic E-state index is 11.3. The van der Waals surface area contributed by atoms with Gasteiger partial charge in [0.1, 0.15) is 0 Å². The Bertz CT molecular complexity index is 263. The van der Waals surface area contributed by atoms with Crippen molar-refractivity contribution in [1.29, 1.82) is 0 Å². The van der Waals surface area contributed by atoms with Crippen molar-refractivity contribution < 1.29 is 14.3 Å². The highest BCUT2D eigenvalue weighted by atomic mass is 16.5. The lowest BCUT2D eigenvalue weighted by molar-refractivity contribution is -0.153. The fraction of sp³-hybridized carbons (Fsp3) is 0.600. The Balaban J connectivity index is 2.72. The smallest absolute Gasteiger partial charge is 0.303 e. The number of carbonyl (C=O) groups excluding carboxylic acids is 2. The molecule has 72 valence electrons. The summed E-state index contributed by atoms with van der Waals surface area (Å²) in [6, 6.07) is 0. The molecule has 0 spiro atoms. The predicted octanol–water partition coefficient (Wildman–Crippen LogP) is 1.47. The van der Waals surface area contributed by atoms with Crippen molar-refractivity contribution in [3.8, 4) is 0 Å². The Morgan fingerprint density at radius 1 is 1.62 bits per heavy atom. The lowest BCUT2D eigenvalue weighted by Gasteiger charge is -2.28. The summed E-state index contributed by atoms with van der Waals surface area (Å²) in [6.45, 7) is 5.33. The maximum Gasteiger partial charge on any atom is 0.303 e. The van der Waals surface area contributed by atoms with E-state index in [0.717, 1.165) is 0 Å². The minimum Gasteiger partial charge on any atom is -0.454 e. The normalized spacial score (nSPS) is 25.8. The molecule has 0 aromatic rings. The second kappa shape index (κ2) is 3.32. The summed E-state index contributed by atoms with van der Waals surface area (Å²) in [4.78, 5) is 21.9. The largest absolute Gasteiger partial charge is 0.454 e. The van der Waals surface area contributed by atoms with E-state index in [0.29, 0.717) is 6.42 Å². The summed E-state index contributed by atoms with van der Waals surface area (Å²) in [5, 5.41) is 0. The van der Waals surface area contributed by atoms with Crippen molar-refractivity contribution in [2.45, 2.75) is 33.3 Å². The third kappa shape index (κ3) is 2.68. The van der Waals surface area contributed by atoms with Crippen LogP contribution in [0.2, 0.25) is 0 Å². The van der Waals surface area contributed by atoms with Gasteiger partial charge in [0, 0.05) is 13.3 Å². The van der Waals surface area contributed by atoms with Gasteiger partial charge in [-0.15, -0.1) is 0 Å². The lowest BCUT2D eigenvalue weighted by Crippen LogP contribution is -2.33. The summed E-state index contributed by atoms with van der Waals surface area (Å²) >= 11 is 0. The van der Waals surface area contributed by atoms with Crippen LogP contribution < -0.4 is 0 Å². The van der Waals surface area contributed by atoms with Gasteiger partial charge >= 0.3 is 5.97 Å².